The van der Waals surface area contributed by atoms with Crippen LogP contribution in [0.1, 0.15) is 17.1 Å². The first-order chi connectivity index (χ1) is 9.90. The molecule has 0 aliphatic carbocycles. The Hall–Kier alpha value is -1.34. The minimum atomic E-state index is 0.529. The highest BCUT2D eigenvalue weighted by Crippen LogP contribution is 2.32. The van der Waals surface area contributed by atoms with Crippen molar-refractivity contribution in [3.05, 3.63) is 43.9 Å². The third-order valence-electron chi connectivity index (χ3n) is 3.65. The molecule has 2 aromatic heterocycles. The standard InChI is InChI=1S/C15H14ClIN4/c1-7-8(2)21(12-5-4-10(16)6-11(12)17)15-13(7)14(18)19-9(3)20-15/h4-6H,1-3H3,(H2,18,19,20). The summed E-state index contributed by atoms with van der Waals surface area (Å²) < 4.78 is 3.18. The van der Waals surface area contributed by atoms with Gasteiger partial charge in [-0.25, -0.2) is 9.97 Å². The molecule has 0 spiro atoms. The molecule has 0 fully saturated rings. The van der Waals surface area contributed by atoms with E-state index in [4.69, 9.17) is 17.3 Å². The van der Waals surface area contributed by atoms with Gasteiger partial charge in [0.2, 0.25) is 0 Å². The first-order valence-electron chi connectivity index (χ1n) is 6.47. The monoisotopic (exact) mass is 412 g/mol. The van der Waals surface area contributed by atoms with Crippen molar-refractivity contribution < 1.29 is 0 Å². The number of halogens is 2. The maximum absolute atomic E-state index is 6.09. The molecule has 0 atom stereocenters. The average molecular weight is 413 g/mol. The Kier molecular flexibility index (Phi) is 3.57. The molecule has 21 heavy (non-hydrogen) atoms. The highest BCUT2D eigenvalue weighted by Gasteiger charge is 2.18. The largest absolute Gasteiger partial charge is 0.383 e. The second kappa shape index (κ2) is 5.14. The molecule has 0 aliphatic heterocycles. The van der Waals surface area contributed by atoms with Crippen LogP contribution in [0.3, 0.4) is 0 Å². The number of rotatable bonds is 1. The normalized spacial score (nSPS) is 11.3. The van der Waals surface area contributed by atoms with Gasteiger partial charge in [0.05, 0.1) is 11.1 Å². The van der Waals surface area contributed by atoms with E-state index >= 15 is 0 Å². The van der Waals surface area contributed by atoms with Crippen molar-refractivity contribution in [3.8, 4) is 5.69 Å². The second-order valence-corrected chi connectivity index (χ2v) is 6.59. The second-order valence-electron chi connectivity index (χ2n) is 5.00. The predicted octanol–water partition coefficient (Wildman–Crippen LogP) is 4.19. The fourth-order valence-electron chi connectivity index (χ4n) is 2.57. The van der Waals surface area contributed by atoms with Crippen LogP contribution in [0.5, 0.6) is 0 Å². The van der Waals surface area contributed by atoms with E-state index in [1.807, 2.05) is 32.0 Å². The third kappa shape index (κ3) is 2.28. The molecule has 2 N–H and O–H groups in total. The van der Waals surface area contributed by atoms with Gasteiger partial charge >= 0.3 is 0 Å². The summed E-state index contributed by atoms with van der Waals surface area (Å²) in [6.07, 6.45) is 0. The summed E-state index contributed by atoms with van der Waals surface area (Å²) in [6, 6.07) is 5.83. The maximum Gasteiger partial charge on any atom is 0.150 e. The molecular weight excluding hydrogens is 399 g/mol. The summed E-state index contributed by atoms with van der Waals surface area (Å²) in [7, 11) is 0. The lowest BCUT2D eigenvalue weighted by Gasteiger charge is -2.11. The van der Waals surface area contributed by atoms with Crippen LogP contribution in [0.15, 0.2) is 18.2 Å². The quantitative estimate of drug-likeness (QED) is 0.610. The molecular formula is C15H14ClIN4. The van der Waals surface area contributed by atoms with Crippen molar-refractivity contribution in [2.45, 2.75) is 20.8 Å². The van der Waals surface area contributed by atoms with Crippen LogP contribution in [-0.2, 0) is 0 Å². The molecule has 0 saturated carbocycles. The lowest BCUT2D eigenvalue weighted by Crippen LogP contribution is -2.03. The molecule has 0 radical (unpaired) electrons. The first-order valence-corrected chi connectivity index (χ1v) is 7.93. The zero-order chi connectivity index (χ0) is 15.3. The number of nitrogen functional groups attached to an aromatic ring is 1. The lowest BCUT2D eigenvalue weighted by atomic mass is 10.2. The molecule has 4 nitrogen and oxygen atoms in total. The van der Waals surface area contributed by atoms with Crippen LogP contribution in [0.2, 0.25) is 5.02 Å². The molecule has 0 unspecified atom stereocenters. The van der Waals surface area contributed by atoms with E-state index in [-0.39, 0.29) is 0 Å². The van der Waals surface area contributed by atoms with Crippen molar-refractivity contribution in [1.82, 2.24) is 14.5 Å². The Balaban J connectivity index is 2.45. The number of hydrogen-bond acceptors (Lipinski definition) is 3. The molecule has 1 aromatic carbocycles. The van der Waals surface area contributed by atoms with Crippen molar-refractivity contribution in [1.29, 1.82) is 0 Å². The summed E-state index contributed by atoms with van der Waals surface area (Å²) >= 11 is 8.34. The summed E-state index contributed by atoms with van der Waals surface area (Å²) in [4.78, 5) is 8.87. The number of anilines is 1. The van der Waals surface area contributed by atoms with Crippen LogP contribution in [0.4, 0.5) is 5.82 Å². The number of hydrogen-bond donors (Lipinski definition) is 1. The van der Waals surface area contributed by atoms with Gasteiger partial charge in [-0.2, -0.15) is 0 Å². The van der Waals surface area contributed by atoms with Gasteiger partial charge in [0.25, 0.3) is 0 Å². The number of fused-ring (bicyclic) bond motifs is 1. The van der Waals surface area contributed by atoms with Gasteiger partial charge in [0, 0.05) is 14.3 Å². The van der Waals surface area contributed by atoms with Crippen molar-refractivity contribution in [2.75, 3.05) is 5.73 Å². The predicted molar refractivity (Wildman–Crippen MR) is 95.2 cm³/mol. The van der Waals surface area contributed by atoms with Crippen LogP contribution in [0.25, 0.3) is 16.7 Å². The summed E-state index contributed by atoms with van der Waals surface area (Å²) in [5.74, 6) is 1.20. The summed E-state index contributed by atoms with van der Waals surface area (Å²) in [5, 5.41) is 1.64. The van der Waals surface area contributed by atoms with E-state index in [9.17, 15) is 0 Å². The van der Waals surface area contributed by atoms with Gasteiger partial charge in [-0.05, 0) is 67.1 Å². The molecule has 0 amide bonds. The van der Waals surface area contributed by atoms with Gasteiger partial charge in [-0.1, -0.05) is 11.6 Å². The van der Waals surface area contributed by atoms with E-state index < -0.39 is 0 Å². The molecule has 108 valence electrons. The number of nitrogens with two attached hydrogens (primary N) is 1. The molecule has 0 saturated heterocycles. The van der Waals surface area contributed by atoms with Gasteiger partial charge in [-0.3, -0.25) is 4.57 Å². The molecule has 0 bridgehead atoms. The summed E-state index contributed by atoms with van der Waals surface area (Å²) in [6.45, 7) is 5.97. The molecule has 3 rings (SSSR count). The Bertz CT molecular complexity index is 870. The summed E-state index contributed by atoms with van der Waals surface area (Å²) in [5.41, 5.74) is 10.2. The van der Waals surface area contributed by atoms with Crippen molar-refractivity contribution in [3.63, 3.8) is 0 Å². The van der Waals surface area contributed by atoms with Crippen LogP contribution < -0.4 is 5.73 Å². The maximum atomic E-state index is 6.09. The smallest absolute Gasteiger partial charge is 0.150 e. The molecule has 3 aromatic rings. The lowest BCUT2D eigenvalue weighted by molar-refractivity contribution is 0.991. The Labute approximate surface area is 141 Å². The topological polar surface area (TPSA) is 56.7 Å². The highest BCUT2D eigenvalue weighted by atomic mass is 127. The van der Waals surface area contributed by atoms with Gasteiger partial charge in [0.1, 0.15) is 11.6 Å². The molecule has 6 heteroatoms. The number of benzene rings is 1. The first kappa shape index (κ1) is 14.6. The van der Waals surface area contributed by atoms with E-state index in [2.05, 4.69) is 44.0 Å². The number of nitrogens with zero attached hydrogens (tertiary/aromatic N) is 3. The van der Waals surface area contributed by atoms with Crippen molar-refractivity contribution >= 4 is 51.0 Å². The zero-order valence-electron chi connectivity index (χ0n) is 11.9. The number of aromatic nitrogens is 3. The van der Waals surface area contributed by atoms with Crippen molar-refractivity contribution in [2.24, 2.45) is 0 Å². The van der Waals surface area contributed by atoms with E-state index in [0.29, 0.717) is 11.6 Å². The third-order valence-corrected chi connectivity index (χ3v) is 4.74. The van der Waals surface area contributed by atoms with Crippen LogP contribution >= 0.6 is 34.2 Å². The fraction of sp³-hybridized carbons (Fsp3) is 0.200. The molecule has 2 heterocycles. The average Bonchev–Trinajstić information content (AvgIpc) is 2.63. The van der Waals surface area contributed by atoms with Crippen LogP contribution in [-0.4, -0.2) is 14.5 Å². The molecule has 0 aliphatic rings. The van der Waals surface area contributed by atoms with E-state index in [0.717, 1.165) is 36.6 Å². The van der Waals surface area contributed by atoms with E-state index in [1.165, 1.54) is 0 Å². The highest BCUT2D eigenvalue weighted by molar-refractivity contribution is 14.1. The van der Waals surface area contributed by atoms with Gasteiger partial charge in [0.15, 0.2) is 5.65 Å². The minimum Gasteiger partial charge on any atom is -0.383 e. The van der Waals surface area contributed by atoms with Gasteiger partial charge in [-0.15, -0.1) is 0 Å². The SMILES string of the molecule is Cc1nc(N)c2c(C)c(C)n(-c3ccc(Cl)cc3I)c2n1. The Morgan fingerprint density at radius 2 is 1.90 bits per heavy atom. The van der Waals surface area contributed by atoms with E-state index in [1.54, 1.807) is 0 Å². The van der Waals surface area contributed by atoms with Gasteiger partial charge < -0.3 is 5.73 Å². The number of aryl methyl sites for hydroxylation is 2. The Morgan fingerprint density at radius 1 is 1.19 bits per heavy atom. The Morgan fingerprint density at radius 3 is 2.57 bits per heavy atom. The zero-order valence-corrected chi connectivity index (χ0v) is 14.8. The fourth-order valence-corrected chi connectivity index (χ4v) is 3.68. The minimum absolute atomic E-state index is 0.529. The van der Waals surface area contributed by atoms with Crippen LogP contribution in [0, 0.1) is 24.3 Å².